The molecule has 0 heterocycles. The predicted molar refractivity (Wildman–Crippen MR) is 50.8 cm³/mol. The van der Waals surface area contributed by atoms with Gasteiger partial charge in [-0.1, -0.05) is 0 Å². The fraction of sp³-hybridized carbons (Fsp3) is 0. The van der Waals surface area contributed by atoms with Gasteiger partial charge in [0.2, 0.25) is 5.39 Å². The van der Waals surface area contributed by atoms with E-state index in [9.17, 15) is 10.1 Å². The summed E-state index contributed by atoms with van der Waals surface area (Å²) < 4.78 is 0. The molecular weight excluding hydrogens is 309 g/mol. The van der Waals surface area contributed by atoms with E-state index in [1.165, 1.54) is 45.4 Å². The Morgan fingerprint density at radius 3 is 2.15 bits per heavy atom. The fourth-order valence-corrected chi connectivity index (χ4v) is 0.641. The van der Waals surface area contributed by atoms with E-state index >= 15 is 0 Å². The summed E-state index contributed by atoms with van der Waals surface area (Å²) in [5.41, 5.74) is 0.285. The molecule has 13 heavy (non-hydrogen) atoms. The second kappa shape index (κ2) is 6.62. The SMILES string of the molecule is Cl[TeH].N#[N+]c1ccc([N+](=O)[O-])cc1. The van der Waals surface area contributed by atoms with Crippen molar-refractivity contribution in [2.45, 2.75) is 0 Å². The third kappa shape index (κ3) is 4.05. The first-order valence-electron chi connectivity index (χ1n) is 3.00. The number of nitro groups is 1. The van der Waals surface area contributed by atoms with Crippen molar-refractivity contribution in [1.82, 2.24) is 0 Å². The summed E-state index contributed by atoms with van der Waals surface area (Å²) in [5, 5.41) is 18.3. The van der Waals surface area contributed by atoms with Gasteiger partial charge in [0, 0.05) is 24.3 Å². The molecular formula is C6H5ClN3O2Te+. The van der Waals surface area contributed by atoms with Gasteiger partial charge in [-0.15, -0.1) is 0 Å². The Labute approximate surface area is 91.1 Å². The molecule has 0 fully saturated rings. The van der Waals surface area contributed by atoms with Gasteiger partial charge in [-0.05, 0) is 0 Å². The topological polar surface area (TPSA) is 71.3 Å². The molecule has 0 saturated heterocycles. The second-order valence-electron chi connectivity index (χ2n) is 1.87. The van der Waals surface area contributed by atoms with Gasteiger partial charge in [0.1, 0.15) is 0 Å². The zero-order valence-electron chi connectivity index (χ0n) is 6.29. The molecule has 0 bridgehead atoms. The summed E-state index contributed by atoms with van der Waals surface area (Å²) in [7, 11) is 4.69. The van der Waals surface area contributed by atoms with Crippen molar-refractivity contribution >= 4 is 41.5 Å². The van der Waals surface area contributed by atoms with Gasteiger partial charge in [0.15, 0.2) is 4.98 Å². The Hall–Kier alpha value is -0.880. The van der Waals surface area contributed by atoms with Crippen molar-refractivity contribution in [3.8, 4) is 0 Å². The first-order valence-corrected chi connectivity index (χ1v) is 6.24. The monoisotopic (exact) mass is 316 g/mol. The Morgan fingerprint density at radius 2 is 1.85 bits per heavy atom. The molecule has 0 radical (unpaired) electrons. The van der Waals surface area contributed by atoms with Gasteiger partial charge in [0.05, 0.1) is 4.92 Å². The van der Waals surface area contributed by atoms with E-state index in [4.69, 9.17) is 5.39 Å². The molecule has 5 nitrogen and oxygen atoms in total. The maximum absolute atomic E-state index is 10.1. The van der Waals surface area contributed by atoms with Crippen molar-refractivity contribution < 1.29 is 4.92 Å². The number of rotatable bonds is 1. The van der Waals surface area contributed by atoms with Crippen LogP contribution in [0.4, 0.5) is 11.4 Å². The van der Waals surface area contributed by atoms with Gasteiger partial charge in [-0.2, -0.15) is 0 Å². The maximum Gasteiger partial charge on any atom is 0.385 e. The molecule has 1 rings (SSSR count). The summed E-state index contributed by atoms with van der Waals surface area (Å²) in [4.78, 5) is 12.4. The van der Waals surface area contributed by atoms with Gasteiger partial charge >= 0.3 is 35.8 Å². The molecule has 68 valence electrons. The molecule has 0 unspecified atom stereocenters. The minimum Gasteiger partial charge on any atom is -0.258 e. The average molecular weight is 314 g/mol. The minimum atomic E-state index is -0.513. The molecule has 1 aromatic carbocycles. The third-order valence-electron chi connectivity index (χ3n) is 1.18. The summed E-state index contributed by atoms with van der Waals surface area (Å²) in [6, 6.07) is 5.26. The van der Waals surface area contributed by atoms with Crippen LogP contribution in [0.15, 0.2) is 24.3 Å². The maximum atomic E-state index is 10.1. The van der Waals surface area contributed by atoms with Crippen LogP contribution in [0.25, 0.3) is 4.98 Å². The van der Waals surface area contributed by atoms with E-state index in [0.29, 0.717) is 5.69 Å². The number of hydrogen-bond acceptors (Lipinski definition) is 3. The van der Waals surface area contributed by atoms with Crippen LogP contribution in [0.2, 0.25) is 0 Å². The molecule has 0 amide bonds. The fourth-order valence-electron chi connectivity index (χ4n) is 0.641. The molecule has 0 saturated carbocycles. The van der Waals surface area contributed by atoms with Crippen LogP contribution in [0.3, 0.4) is 0 Å². The Balaban J connectivity index is 0.000000671. The molecule has 1 aromatic rings. The zero-order valence-corrected chi connectivity index (χ0v) is 9.60. The number of hydrogen-bond donors (Lipinski definition) is 0. The summed E-state index contributed by atoms with van der Waals surface area (Å²) in [6.07, 6.45) is 0. The average Bonchev–Trinajstić information content (AvgIpc) is 2.21. The van der Waals surface area contributed by atoms with Crippen molar-refractivity contribution in [2.24, 2.45) is 0 Å². The predicted octanol–water partition coefficient (Wildman–Crippen LogP) is 2.12. The van der Waals surface area contributed by atoms with Gasteiger partial charge in [0.25, 0.3) is 5.69 Å². The summed E-state index contributed by atoms with van der Waals surface area (Å²) in [6.45, 7) is 0. The normalized spacial score (nSPS) is 7.77. The number of benzene rings is 1. The second-order valence-corrected chi connectivity index (χ2v) is 1.87. The van der Waals surface area contributed by atoms with Crippen LogP contribution in [-0.2, 0) is 0 Å². The molecule has 0 N–H and O–H groups in total. The quantitative estimate of drug-likeness (QED) is 0.345. The van der Waals surface area contributed by atoms with Crippen LogP contribution in [0.1, 0.15) is 0 Å². The molecule has 7 heteroatoms. The van der Waals surface area contributed by atoms with E-state index < -0.39 is 4.92 Å². The van der Waals surface area contributed by atoms with Crippen molar-refractivity contribution in [1.29, 1.82) is 5.39 Å². The largest absolute Gasteiger partial charge is 0.385 e. The van der Waals surface area contributed by atoms with E-state index in [-0.39, 0.29) is 5.69 Å². The van der Waals surface area contributed by atoms with Crippen LogP contribution in [-0.4, -0.2) is 26.1 Å². The van der Waals surface area contributed by atoms with Crippen LogP contribution in [0, 0.1) is 15.5 Å². The summed E-state index contributed by atoms with van der Waals surface area (Å²) in [5.74, 6) is 0. The van der Waals surface area contributed by atoms with E-state index in [1.54, 1.807) is 0 Å². The number of diazo groups is 1. The molecule has 0 aliphatic rings. The van der Waals surface area contributed by atoms with Crippen molar-refractivity contribution in [3.05, 3.63) is 39.4 Å². The van der Waals surface area contributed by atoms with Crippen molar-refractivity contribution in [3.63, 3.8) is 0 Å². The number of non-ortho nitro benzene ring substituents is 1. The van der Waals surface area contributed by atoms with Crippen LogP contribution in [0.5, 0.6) is 0 Å². The molecule has 0 aromatic heterocycles. The standard InChI is InChI=1S/C6H4N3O2.ClHTe/c7-8-5-1-3-6(4-2-5)9(10)11;1-2/h1-4H;2H/q+1;. The molecule has 0 aliphatic heterocycles. The Kier molecular flexibility index (Phi) is 6.17. The Morgan fingerprint density at radius 1 is 1.38 bits per heavy atom. The molecule has 0 atom stereocenters. The molecule has 0 aliphatic carbocycles. The molecule has 0 spiro atoms. The van der Waals surface area contributed by atoms with Gasteiger partial charge in [-0.3, -0.25) is 10.1 Å². The van der Waals surface area contributed by atoms with E-state index in [0.717, 1.165) is 0 Å². The number of nitrogens with zero attached hydrogens (tertiary/aromatic N) is 3. The van der Waals surface area contributed by atoms with E-state index in [2.05, 4.69) is 13.9 Å². The minimum absolute atomic E-state index is 0.0163. The van der Waals surface area contributed by atoms with Gasteiger partial charge < -0.3 is 0 Å². The first kappa shape index (κ1) is 12.1. The number of nitro benzene ring substituents is 1. The Bertz CT molecular complexity index is 322. The van der Waals surface area contributed by atoms with E-state index in [1.807, 2.05) is 0 Å². The zero-order chi connectivity index (χ0) is 10.3. The van der Waals surface area contributed by atoms with Crippen molar-refractivity contribution in [2.75, 3.05) is 0 Å². The smallest absolute Gasteiger partial charge is 0.258 e. The van der Waals surface area contributed by atoms with Crippen LogP contribution < -0.4 is 0 Å². The third-order valence-corrected chi connectivity index (χ3v) is 1.18. The summed E-state index contributed by atoms with van der Waals surface area (Å²) >= 11 is 1.22. The van der Waals surface area contributed by atoms with Gasteiger partial charge in [-0.25, -0.2) is 0 Å². The first-order chi connectivity index (χ1) is 6.24. The number of halogens is 1. The van der Waals surface area contributed by atoms with Crippen LogP contribution >= 0.6 is 8.96 Å².